The highest BCUT2D eigenvalue weighted by molar-refractivity contribution is 5.30. The summed E-state index contributed by atoms with van der Waals surface area (Å²) >= 11 is 0. The van der Waals surface area contributed by atoms with E-state index in [-0.39, 0.29) is 11.8 Å². The van der Waals surface area contributed by atoms with Crippen molar-refractivity contribution in [3.8, 4) is 5.75 Å². The summed E-state index contributed by atoms with van der Waals surface area (Å²) in [7, 11) is 0. The molecule has 19 heavy (non-hydrogen) atoms. The second-order valence-corrected chi connectivity index (χ2v) is 4.80. The van der Waals surface area contributed by atoms with Gasteiger partial charge in [0.2, 0.25) is 0 Å². The van der Waals surface area contributed by atoms with E-state index in [0.717, 1.165) is 24.8 Å². The molecule has 0 heterocycles. The lowest BCUT2D eigenvalue weighted by Gasteiger charge is -2.21. The van der Waals surface area contributed by atoms with E-state index in [0.29, 0.717) is 5.92 Å². The van der Waals surface area contributed by atoms with Crippen LogP contribution < -0.4 is 16.0 Å². The lowest BCUT2D eigenvalue weighted by Crippen LogP contribution is -2.29. The second-order valence-electron chi connectivity index (χ2n) is 4.80. The quantitative estimate of drug-likeness (QED) is 0.561. The van der Waals surface area contributed by atoms with Crippen LogP contribution in [0, 0.1) is 5.92 Å². The average molecular weight is 272 g/mol. The van der Waals surface area contributed by atoms with Crippen LogP contribution >= 0.6 is 0 Å². The van der Waals surface area contributed by atoms with Crippen molar-refractivity contribution in [3.63, 3.8) is 0 Å². The molecule has 2 unspecified atom stereocenters. The number of halogens is 2. The van der Waals surface area contributed by atoms with Gasteiger partial charge in [0.15, 0.2) is 0 Å². The predicted octanol–water partition coefficient (Wildman–Crippen LogP) is 3.62. The zero-order chi connectivity index (χ0) is 14.3. The standard InChI is InChI=1S/C14H22F2N2O/c1-3-5-10(2)8-13(18-17)11-6-4-7-12(9-11)19-14(15)16/h4,6-7,9-10,13-14,18H,3,5,8,17H2,1-2H3. The van der Waals surface area contributed by atoms with Crippen LogP contribution in [-0.4, -0.2) is 6.61 Å². The van der Waals surface area contributed by atoms with E-state index >= 15 is 0 Å². The van der Waals surface area contributed by atoms with Crippen LogP contribution in [0.5, 0.6) is 5.75 Å². The Bertz CT molecular complexity index is 374. The molecule has 0 saturated heterocycles. The molecule has 1 rings (SSSR count). The minimum Gasteiger partial charge on any atom is -0.435 e. The number of nitrogens with two attached hydrogens (primary N) is 1. The third kappa shape index (κ3) is 5.53. The molecule has 2 atom stereocenters. The molecule has 0 amide bonds. The first-order valence-corrected chi connectivity index (χ1v) is 6.57. The number of nitrogens with one attached hydrogen (secondary N) is 1. The van der Waals surface area contributed by atoms with E-state index in [4.69, 9.17) is 5.84 Å². The number of hydrogen-bond acceptors (Lipinski definition) is 3. The molecule has 5 heteroatoms. The molecule has 108 valence electrons. The Morgan fingerprint density at radius 2 is 2.11 bits per heavy atom. The molecule has 3 N–H and O–H groups in total. The normalized spacial score (nSPS) is 14.4. The maximum Gasteiger partial charge on any atom is 0.387 e. The molecular formula is C14H22F2N2O. The van der Waals surface area contributed by atoms with Crippen molar-refractivity contribution in [2.75, 3.05) is 0 Å². The second kappa shape index (κ2) is 8.07. The Balaban J connectivity index is 2.74. The number of alkyl halides is 2. The van der Waals surface area contributed by atoms with Crippen molar-refractivity contribution in [3.05, 3.63) is 29.8 Å². The lowest BCUT2D eigenvalue weighted by molar-refractivity contribution is -0.0499. The summed E-state index contributed by atoms with van der Waals surface area (Å²) in [6.07, 6.45) is 3.10. The zero-order valence-corrected chi connectivity index (χ0v) is 11.4. The maximum absolute atomic E-state index is 12.2. The number of hydrazine groups is 1. The molecule has 1 aromatic carbocycles. The van der Waals surface area contributed by atoms with Gasteiger partial charge in [-0.05, 0) is 30.0 Å². The molecule has 0 aliphatic carbocycles. The highest BCUT2D eigenvalue weighted by Gasteiger charge is 2.15. The molecule has 3 nitrogen and oxygen atoms in total. The minimum absolute atomic E-state index is 0.0530. The monoisotopic (exact) mass is 272 g/mol. The molecule has 0 bridgehead atoms. The smallest absolute Gasteiger partial charge is 0.387 e. The molecule has 0 aromatic heterocycles. The van der Waals surface area contributed by atoms with Crippen molar-refractivity contribution in [2.24, 2.45) is 11.8 Å². The Hall–Kier alpha value is -1.20. The lowest BCUT2D eigenvalue weighted by atomic mass is 9.93. The molecule has 0 spiro atoms. The van der Waals surface area contributed by atoms with Crippen molar-refractivity contribution in [1.29, 1.82) is 0 Å². The van der Waals surface area contributed by atoms with Crippen LogP contribution in [0.3, 0.4) is 0 Å². The molecular weight excluding hydrogens is 250 g/mol. The summed E-state index contributed by atoms with van der Waals surface area (Å²) in [6.45, 7) is 1.49. The van der Waals surface area contributed by atoms with Crippen LogP contribution in [0.15, 0.2) is 24.3 Å². The number of rotatable bonds is 8. The summed E-state index contributed by atoms with van der Waals surface area (Å²) in [5, 5.41) is 0. The van der Waals surface area contributed by atoms with Gasteiger partial charge in [0.05, 0.1) is 0 Å². The van der Waals surface area contributed by atoms with Crippen molar-refractivity contribution >= 4 is 0 Å². The van der Waals surface area contributed by atoms with Gasteiger partial charge in [-0.15, -0.1) is 0 Å². The fourth-order valence-corrected chi connectivity index (χ4v) is 2.22. The number of ether oxygens (including phenoxy) is 1. The van der Waals surface area contributed by atoms with Crippen molar-refractivity contribution in [2.45, 2.75) is 45.8 Å². The van der Waals surface area contributed by atoms with Gasteiger partial charge in [-0.1, -0.05) is 38.8 Å². The highest BCUT2D eigenvalue weighted by atomic mass is 19.3. The number of benzene rings is 1. The van der Waals surface area contributed by atoms with Crippen LogP contribution in [0.4, 0.5) is 8.78 Å². The Morgan fingerprint density at radius 3 is 2.68 bits per heavy atom. The van der Waals surface area contributed by atoms with E-state index < -0.39 is 6.61 Å². The van der Waals surface area contributed by atoms with Crippen molar-refractivity contribution in [1.82, 2.24) is 5.43 Å². The van der Waals surface area contributed by atoms with Crippen LogP contribution in [0.25, 0.3) is 0 Å². The molecule has 0 fully saturated rings. The topological polar surface area (TPSA) is 47.3 Å². The molecule has 1 aromatic rings. The third-order valence-electron chi connectivity index (χ3n) is 3.11. The SMILES string of the molecule is CCCC(C)CC(NN)c1cccc(OC(F)F)c1. The molecule has 0 aliphatic rings. The van der Waals surface area contributed by atoms with E-state index in [1.165, 1.54) is 6.07 Å². The van der Waals surface area contributed by atoms with Gasteiger partial charge in [-0.25, -0.2) is 0 Å². The van der Waals surface area contributed by atoms with E-state index in [2.05, 4.69) is 24.0 Å². The first-order chi connectivity index (χ1) is 9.06. The van der Waals surface area contributed by atoms with Gasteiger partial charge >= 0.3 is 6.61 Å². The first-order valence-electron chi connectivity index (χ1n) is 6.57. The van der Waals surface area contributed by atoms with Crippen molar-refractivity contribution < 1.29 is 13.5 Å². The van der Waals surface area contributed by atoms with E-state index in [1.54, 1.807) is 12.1 Å². The van der Waals surface area contributed by atoms with Gasteiger partial charge in [-0.2, -0.15) is 8.78 Å². The van der Waals surface area contributed by atoms with Gasteiger partial charge in [0.1, 0.15) is 5.75 Å². The molecule has 0 saturated carbocycles. The zero-order valence-electron chi connectivity index (χ0n) is 11.4. The highest BCUT2D eigenvalue weighted by Crippen LogP contribution is 2.26. The van der Waals surface area contributed by atoms with Gasteiger partial charge < -0.3 is 4.74 Å². The summed E-state index contributed by atoms with van der Waals surface area (Å²) in [5.74, 6) is 6.24. The average Bonchev–Trinajstić information content (AvgIpc) is 2.35. The summed E-state index contributed by atoms with van der Waals surface area (Å²) in [5.41, 5.74) is 3.61. The fraction of sp³-hybridized carbons (Fsp3) is 0.571. The summed E-state index contributed by atoms with van der Waals surface area (Å²) in [4.78, 5) is 0. The van der Waals surface area contributed by atoms with E-state index in [1.807, 2.05) is 6.07 Å². The van der Waals surface area contributed by atoms with Gasteiger partial charge in [0, 0.05) is 6.04 Å². The van der Waals surface area contributed by atoms with Crippen LogP contribution in [0.2, 0.25) is 0 Å². The van der Waals surface area contributed by atoms with Crippen LogP contribution in [-0.2, 0) is 0 Å². The van der Waals surface area contributed by atoms with Crippen LogP contribution in [0.1, 0.15) is 44.7 Å². The Labute approximate surface area is 113 Å². The van der Waals surface area contributed by atoms with Gasteiger partial charge in [0.25, 0.3) is 0 Å². The summed E-state index contributed by atoms with van der Waals surface area (Å²) in [6, 6.07) is 6.63. The minimum atomic E-state index is -2.81. The number of hydrogen-bond donors (Lipinski definition) is 2. The fourth-order valence-electron chi connectivity index (χ4n) is 2.22. The Kier molecular flexibility index (Phi) is 6.73. The molecule has 0 aliphatic heterocycles. The first kappa shape index (κ1) is 15.9. The maximum atomic E-state index is 12.2. The molecule has 0 radical (unpaired) electrons. The Morgan fingerprint density at radius 1 is 1.37 bits per heavy atom. The largest absolute Gasteiger partial charge is 0.435 e. The predicted molar refractivity (Wildman–Crippen MR) is 71.8 cm³/mol. The summed E-state index contributed by atoms with van der Waals surface area (Å²) < 4.78 is 28.8. The van der Waals surface area contributed by atoms with E-state index in [9.17, 15) is 8.78 Å². The van der Waals surface area contributed by atoms with Gasteiger partial charge in [-0.3, -0.25) is 11.3 Å². The third-order valence-corrected chi connectivity index (χ3v) is 3.11.